The molecule has 10 nitrogen and oxygen atoms in total. The number of hydrogen-bond donors (Lipinski definition) is 1. The van der Waals surface area contributed by atoms with Crippen LogP contribution in [0, 0.1) is 25.6 Å². The highest BCUT2D eigenvalue weighted by Crippen LogP contribution is 2.35. The van der Waals surface area contributed by atoms with Crippen molar-refractivity contribution in [1.29, 1.82) is 0 Å². The van der Waals surface area contributed by atoms with Crippen molar-refractivity contribution >= 4 is 21.7 Å². The Morgan fingerprint density at radius 3 is 2.69 bits per heavy atom. The largest absolute Gasteiger partial charge is 0.489 e. The summed E-state index contributed by atoms with van der Waals surface area (Å²) < 4.78 is 55.3. The molecule has 36 heavy (non-hydrogen) atoms. The van der Waals surface area contributed by atoms with Gasteiger partial charge in [-0.15, -0.1) is 0 Å². The lowest BCUT2D eigenvalue weighted by Gasteiger charge is -2.23. The number of benzene rings is 1. The molecule has 1 fully saturated rings. The van der Waals surface area contributed by atoms with Crippen LogP contribution in [-0.4, -0.2) is 60.5 Å². The average Bonchev–Trinajstić information content (AvgIpc) is 3.50. The van der Waals surface area contributed by atoms with Crippen molar-refractivity contribution in [2.24, 2.45) is 13.0 Å². The number of ether oxygens (including phenoxy) is 1. The summed E-state index contributed by atoms with van der Waals surface area (Å²) in [6, 6.07) is 5.37. The van der Waals surface area contributed by atoms with Crippen LogP contribution < -0.4 is 9.46 Å². The van der Waals surface area contributed by atoms with Crippen molar-refractivity contribution in [3.63, 3.8) is 0 Å². The number of aryl methyl sites for hydroxylation is 3. The van der Waals surface area contributed by atoms with Gasteiger partial charge in [0.05, 0.1) is 6.61 Å². The van der Waals surface area contributed by atoms with Gasteiger partial charge in [-0.05, 0) is 31.0 Å². The molecule has 0 saturated carbocycles. The Labute approximate surface area is 207 Å². The second-order valence-corrected chi connectivity index (χ2v) is 11.0. The molecule has 2 unspecified atom stereocenters. The molecule has 0 spiro atoms. The van der Waals surface area contributed by atoms with Gasteiger partial charge in [-0.3, -0.25) is 9.59 Å². The van der Waals surface area contributed by atoms with Gasteiger partial charge in [0, 0.05) is 50.8 Å². The lowest BCUT2D eigenvalue weighted by atomic mass is 10.0. The summed E-state index contributed by atoms with van der Waals surface area (Å²) in [6.07, 6.45) is 1.30. The Morgan fingerprint density at radius 1 is 1.22 bits per heavy atom. The molecule has 12 heteroatoms. The molecule has 5 rings (SSSR count). The van der Waals surface area contributed by atoms with Crippen LogP contribution in [-0.2, 0) is 23.5 Å². The molecular formula is C24H25FN4O6S. The number of ketones is 1. The van der Waals surface area contributed by atoms with Crippen LogP contribution in [0.25, 0.3) is 0 Å². The summed E-state index contributed by atoms with van der Waals surface area (Å²) >= 11 is 0. The van der Waals surface area contributed by atoms with Crippen molar-refractivity contribution in [3.8, 4) is 5.75 Å². The van der Waals surface area contributed by atoms with Gasteiger partial charge in [0.1, 0.15) is 22.2 Å². The van der Waals surface area contributed by atoms with E-state index in [0.717, 1.165) is 0 Å². The van der Waals surface area contributed by atoms with E-state index in [0.29, 0.717) is 16.9 Å². The number of Topliss-reactive ketones (excluding diaryl/α,β-unsaturated/α-hetero) is 1. The fourth-order valence-corrected chi connectivity index (χ4v) is 6.23. The molecule has 0 radical (unpaired) electrons. The van der Waals surface area contributed by atoms with Crippen molar-refractivity contribution in [3.05, 3.63) is 64.6 Å². The number of carbonyl (C=O) groups is 2. The van der Waals surface area contributed by atoms with Gasteiger partial charge < -0.3 is 18.7 Å². The monoisotopic (exact) mass is 516 g/mol. The van der Waals surface area contributed by atoms with E-state index in [1.165, 1.54) is 33.9 Å². The quantitative estimate of drug-likeness (QED) is 0.526. The highest BCUT2D eigenvalue weighted by Gasteiger charge is 2.42. The van der Waals surface area contributed by atoms with E-state index >= 15 is 0 Å². The second-order valence-electron chi connectivity index (χ2n) is 9.30. The van der Waals surface area contributed by atoms with Gasteiger partial charge in [-0.25, -0.2) is 17.5 Å². The predicted octanol–water partition coefficient (Wildman–Crippen LogP) is 2.01. The number of hydrogen-bond acceptors (Lipinski definition) is 7. The van der Waals surface area contributed by atoms with Crippen LogP contribution in [0.2, 0.25) is 0 Å². The van der Waals surface area contributed by atoms with E-state index in [1.54, 1.807) is 27.0 Å². The number of rotatable bonds is 4. The van der Waals surface area contributed by atoms with E-state index in [-0.39, 0.29) is 71.6 Å². The lowest BCUT2D eigenvalue weighted by Crippen LogP contribution is -2.43. The molecule has 2 atom stereocenters. The first-order chi connectivity index (χ1) is 17.0. The van der Waals surface area contributed by atoms with Crippen LogP contribution in [0.5, 0.6) is 5.75 Å². The standard InChI is InChI=1S/C24H25FN4O6S/c1-13-6-15(4-5-17(13)25)8-20(30)22-23-21(11-28(22)3)36(32,33)27-19-10-29(9-16(19)12-34-23)24(31)18-7-14(2)35-26-18/h4-7,11,16,19,27H,8-10,12H2,1-3H3. The Bertz CT molecular complexity index is 1480. The zero-order valence-corrected chi connectivity index (χ0v) is 20.8. The molecule has 2 aliphatic rings. The summed E-state index contributed by atoms with van der Waals surface area (Å²) in [5, 5.41) is 3.76. The first-order valence-corrected chi connectivity index (χ1v) is 12.9. The smallest absolute Gasteiger partial charge is 0.276 e. The normalized spacial score (nSPS) is 20.7. The van der Waals surface area contributed by atoms with E-state index < -0.39 is 16.1 Å². The van der Waals surface area contributed by atoms with Crippen LogP contribution in [0.1, 0.15) is 37.9 Å². The second kappa shape index (κ2) is 8.86. The number of nitrogens with one attached hydrogen (secondary N) is 1. The van der Waals surface area contributed by atoms with Gasteiger partial charge in [0.25, 0.3) is 5.91 Å². The molecule has 2 aliphatic heterocycles. The molecule has 3 aromatic rings. The Hall–Kier alpha value is -3.51. The van der Waals surface area contributed by atoms with E-state index in [1.807, 2.05) is 0 Å². The fraction of sp³-hybridized carbons (Fsp3) is 0.375. The fourth-order valence-electron chi connectivity index (χ4n) is 4.74. The molecule has 4 heterocycles. The minimum Gasteiger partial charge on any atom is -0.489 e. The van der Waals surface area contributed by atoms with E-state index in [4.69, 9.17) is 9.26 Å². The number of fused-ring (bicyclic) bond motifs is 2. The molecular weight excluding hydrogens is 491 g/mol. The summed E-state index contributed by atoms with van der Waals surface area (Å²) in [5.41, 5.74) is 1.28. The van der Waals surface area contributed by atoms with Gasteiger partial charge >= 0.3 is 0 Å². The molecule has 0 bridgehead atoms. The number of halogens is 1. The number of aromatic nitrogens is 2. The average molecular weight is 517 g/mol. The highest BCUT2D eigenvalue weighted by atomic mass is 32.2. The SMILES string of the molecule is Cc1cc(C(=O)N2CC3COc4c(cn(C)c4C(=O)Cc4ccc(F)c(C)c4)S(=O)(=O)NC3C2)no1. The van der Waals surface area contributed by atoms with Crippen molar-refractivity contribution in [1.82, 2.24) is 19.3 Å². The summed E-state index contributed by atoms with van der Waals surface area (Å²) in [6.45, 7) is 3.78. The summed E-state index contributed by atoms with van der Waals surface area (Å²) in [5.74, 6) is -0.954. The summed E-state index contributed by atoms with van der Waals surface area (Å²) in [7, 11) is -2.48. The van der Waals surface area contributed by atoms with Crippen molar-refractivity contribution in [2.45, 2.75) is 31.2 Å². The maximum Gasteiger partial charge on any atom is 0.276 e. The van der Waals surface area contributed by atoms with E-state index in [9.17, 15) is 22.4 Å². The molecule has 1 N–H and O–H groups in total. The zero-order chi connectivity index (χ0) is 25.8. The molecule has 0 aliphatic carbocycles. The first-order valence-electron chi connectivity index (χ1n) is 11.4. The third-order valence-electron chi connectivity index (χ3n) is 6.57. The minimum absolute atomic E-state index is 0.0239. The predicted molar refractivity (Wildman–Crippen MR) is 125 cm³/mol. The zero-order valence-electron chi connectivity index (χ0n) is 19.9. The first kappa shape index (κ1) is 24.2. The Morgan fingerprint density at radius 2 is 2.00 bits per heavy atom. The topological polar surface area (TPSA) is 124 Å². The van der Waals surface area contributed by atoms with E-state index in [2.05, 4.69) is 9.88 Å². The van der Waals surface area contributed by atoms with Gasteiger partial charge in [-0.1, -0.05) is 17.3 Å². The number of amides is 1. The third-order valence-corrected chi connectivity index (χ3v) is 8.05. The number of sulfonamides is 1. The van der Waals surface area contributed by atoms with Crippen LogP contribution in [0.15, 0.2) is 39.9 Å². The number of carbonyl (C=O) groups excluding carboxylic acids is 2. The lowest BCUT2D eigenvalue weighted by molar-refractivity contribution is 0.0771. The van der Waals surface area contributed by atoms with Crippen LogP contribution in [0.4, 0.5) is 4.39 Å². The maximum absolute atomic E-state index is 13.6. The molecule has 190 valence electrons. The summed E-state index contributed by atoms with van der Waals surface area (Å²) in [4.78, 5) is 27.4. The molecule has 2 aromatic heterocycles. The van der Waals surface area contributed by atoms with Crippen LogP contribution >= 0.6 is 0 Å². The van der Waals surface area contributed by atoms with Crippen LogP contribution in [0.3, 0.4) is 0 Å². The van der Waals surface area contributed by atoms with Gasteiger partial charge in [0.2, 0.25) is 10.0 Å². The van der Waals surface area contributed by atoms with Gasteiger partial charge in [-0.2, -0.15) is 0 Å². The van der Waals surface area contributed by atoms with Crippen molar-refractivity contribution < 1.29 is 31.7 Å². The third kappa shape index (κ3) is 4.30. The van der Waals surface area contributed by atoms with Gasteiger partial charge in [0.15, 0.2) is 17.2 Å². The Balaban J connectivity index is 1.41. The van der Waals surface area contributed by atoms with Crippen molar-refractivity contribution in [2.75, 3.05) is 19.7 Å². The molecule has 1 amide bonds. The minimum atomic E-state index is -4.06. The highest BCUT2D eigenvalue weighted by molar-refractivity contribution is 7.89. The number of nitrogens with zero attached hydrogens (tertiary/aromatic N) is 3. The maximum atomic E-state index is 13.6. The Kier molecular flexibility index (Phi) is 5.95. The number of likely N-dealkylation sites (tertiary alicyclic amines) is 1. The molecule has 1 saturated heterocycles. The molecule has 1 aromatic carbocycles.